The summed E-state index contributed by atoms with van der Waals surface area (Å²) in [5.41, 5.74) is 2.01. The summed E-state index contributed by atoms with van der Waals surface area (Å²) in [5.74, 6) is 2.31. The average molecular weight is 400 g/mol. The lowest BCUT2D eigenvalue weighted by molar-refractivity contribution is 0.313. The van der Waals surface area contributed by atoms with Crippen molar-refractivity contribution in [3.05, 3.63) is 60.9 Å². The van der Waals surface area contributed by atoms with Gasteiger partial charge in [0.05, 0.1) is 18.1 Å². The van der Waals surface area contributed by atoms with E-state index in [1.54, 1.807) is 0 Å². The second-order valence-corrected chi connectivity index (χ2v) is 8.12. The summed E-state index contributed by atoms with van der Waals surface area (Å²) in [6.07, 6.45) is 13.7. The van der Waals surface area contributed by atoms with Crippen LogP contribution in [0.5, 0.6) is 0 Å². The van der Waals surface area contributed by atoms with Gasteiger partial charge in [0.2, 0.25) is 5.95 Å². The van der Waals surface area contributed by atoms with Crippen LogP contribution < -0.4 is 10.2 Å². The zero-order chi connectivity index (χ0) is 19.9. The van der Waals surface area contributed by atoms with Gasteiger partial charge in [0.15, 0.2) is 5.82 Å². The topological polar surface area (TPSA) is 76.2 Å². The van der Waals surface area contributed by atoms with Gasteiger partial charge in [0, 0.05) is 31.2 Å². The van der Waals surface area contributed by atoms with Gasteiger partial charge in [-0.3, -0.25) is 4.98 Å². The summed E-state index contributed by atoms with van der Waals surface area (Å²) >= 11 is 0. The molecule has 1 aliphatic carbocycles. The standard InChI is InChI=1S/C22H24N8/c1-2-11-23-17(8-1)18-9-4-12-29(18)22-26-21(19-10-5-13-30(19)27-22)25-20-14-28(15-24-20)16-6-3-7-16/h1-2,5,8,10-11,13-16,18H,3-4,6-7,9,12H2,(H,25,26,27). The Balaban J connectivity index is 1.34. The fourth-order valence-corrected chi connectivity index (χ4v) is 4.43. The van der Waals surface area contributed by atoms with E-state index >= 15 is 0 Å². The molecule has 1 saturated heterocycles. The highest BCUT2D eigenvalue weighted by Crippen LogP contribution is 2.35. The smallest absolute Gasteiger partial charge is 0.246 e. The minimum Gasteiger partial charge on any atom is -0.332 e. The van der Waals surface area contributed by atoms with Crippen molar-refractivity contribution in [3.63, 3.8) is 0 Å². The fraction of sp³-hybridized carbons (Fsp3) is 0.364. The lowest BCUT2D eigenvalue weighted by atomic mass is 9.93. The third-order valence-corrected chi connectivity index (χ3v) is 6.26. The zero-order valence-corrected chi connectivity index (χ0v) is 16.7. The predicted molar refractivity (Wildman–Crippen MR) is 115 cm³/mol. The monoisotopic (exact) mass is 400 g/mol. The summed E-state index contributed by atoms with van der Waals surface area (Å²) in [4.78, 5) is 16.3. The summed E-state index contributed by atoms with van der Waals surface area (Å²) in [7, 11) is 0. The Morgan fingerprint density at radius 2 is 1.97 bits per heavy atom. The van der Waals surface area contributed by atoms with Gasteiger partial charge in [-0.2, -0.15) is 4.98 Å². The lowest BCUT2D eigenvalue weighted by Gasteiger charge is -2.26. The first kappa shape index (κ1) is 17.4. The maximum Gasteiger partial charge on any atom is 0.246 e. The molecule has 0 spiro atoms. The van der Waals surface area contributed by atoms with Gasteiger partial charge in [-0.15, -0.1) is 5.10 Å². The van der Waals surface area contributed by atoms with E-state index in [-0.39, 0.29) is 6.04 Å². The van der Waals surface area contributed by atoms with Crippen molar-refractivity contribution in [1.82, 2.24) is 29.1 Å². The number of pyridine rings is 1. The maximum absolute atomic E-state index is 4.92. The third kappa shape index (κ3) is 2.99. The molecule has 4 aromatic rings. The first-order valence-corrected chi connectivity index (χ1v) is 10.7. The normalized spacial score (nSPS) is 19.3. The molecule has 0 amide bonds. The summed E-state index contributed by atoms with van der Waals surface area (Å²) < 4.78 is 4.10. The average Bonchev–Trinajstić information content (AvgIpc) is 3.48. The van der Waals surface area contributed by atoms with E-state index in [2.05, 4.69) is 37.0 Å². The molecule has 30 heavy (non-hydrogen) atoms. The number of rotatable bonds is 5. The number of aromatic nitrogens is 6. The molecular formula is C22H24N8. The van der Waals surface area contributed by atoms with E-state index < -0.39 is 0 Å². The second kappa shape index (κ2) is 7.12. The van der Waals surface area contributed by atoms with Crippen LogP contribution >= 0.6 is 0 Å². The Bertz CT molecular complexity index is 1160. The van der Waals surface area contributed by atoms with Crippen LogP contribution in [0.15, 0.2) is 55.2 Å². The van der Waals surface area contributed by atoms with Crippen LogP contribution in [-0.2, 0) is 0 Å². The fourth-order valence-electron chi connectivity index (χ4n) is 4.43. The molecule has 2 fully saturated rings. The molecule has 6 rings (SSSR count). The van der Waals surface area contributed by atoms with Crippen molar-refractivity contribution in [2.24, 2.45) is 0 Å². The van der Waals surface area contributed by atoms with E-state index in [1.807, 2.05) is 47.5 Å². The summed E-state index contributed by atoms with van der Waals surface area (Å²) in [6, 6.07) is 10.9. The Kier molecular flexibility index (Phi) is 4.14. The largest absolute Gasteiger partial charge is 0.332 e. The van der Waals surface area contributed by atoms with Crippen molar-refractivity contribution < 1.29 is 0 Å². The molecule has 5 heterocycles. The highest BCUT2D eigenvalue weighted by atomic mass is 15.4. The third-order valence-electron chi connectivity index (χ3n) is 6.26. The van der Waals surface area contributed by atoms with Gasteiger partial charge in [-0.25, -0.2) is 9.50 Å². The van der Waals surface area contributed by atoms with Gasteiger partial charge >= 0.3 is 0 Å². The van der Waals surface area contributed by atoms with Crippen LogP contribution in [0.4, 0.5) is 17.6 Å². The second-order valence-electron chi connectivity index (χ2n) is 8.12. The Labute approximate surface area is 174 Å². The number of imidazole rings is 1. The van der Waals surface area contributed by atoms with E-state index in [0.29, 0.717) is 12.0 Å². The zero-order valence-electron chi connectivity index (χ0n) is 16.7. The maximum atomic E-state index is 4.92. The van der Waals surface area contributed by atoms with Gasteiger partial charge < -0.3 is 14.8 Å². The Morgan fingerprint density at radius 3 is 2.80 bits per heavy atom. The Morgan fingerprint density at radius 1 is 1.00 bits per heavy atom. The molecule has 1 N–H and O–H groups in total. The minimum atomic E-state index is 0.199. The molecule has 8 heteroatoms. The molecule has 4 aromatic heterocycles. The van der Waals surface area contributed by atoms with Crippen LogP contribution in [0.25, 0.3) is 5.52 Å². The molecular weight excluding hydrogens is 376 g/mol. The van der Waals surface area contributed by atoms with Crippen LogP contribution in [0, 0.1) is 0 Å². The van der Waals surface area contributed by atoms with Crippen molar-refractivity contribution in [1.29, 1.82) is 0 Å². The van der Waals surface area contributed by atoms with Crippen molar-refractivity contribution in [2.75, 3.05) is 16.8 Å². The number of nitrogens with one attached hydrogen (secondary N) is 1. The first-order chi connectivity index (χ1) is 14.8. The lowest BCUT2D eigenvalue weighted by Crippen LogP contribution is -2.26. The SMILES string of the molecule is c1ccc(C2CCCN2c2nc(Nc3cn(C4CCC4)cn3)c3cccn3n2)nc1. The molecule has 0 bridgehead atoms. The molecule has 8 nitrogen and oxygen atoms in total. The van der Waals surface area contributed by atoms with E-state index in [9.17, 15) is 0 Å². The predicted octanol–water partition coefficient (Wildman–Crippen LogP) is 4.13. The quantitative estimate of drug-likeness (QED) is 0.543. The number of hydrogen-bond donors (Lipinski definition) is 1. The molecule has 0 aromatic carbocycles. The van der Waals surface area contributed by atoms with Crippen LogP contribution in [-0.4, -0.2) is 35.7 Å². The van der Waals surface area contributed by atoms with Crippen molar-refractivity contribution in [3.8, 4) is 0 Å². The molecule has 0 radical (unpaired) electrons. The van der Waals surface area contributed by atoms with Crippen molar-refractivity contribution >= 4 is 23.1 Å². The highest BCUT2D eigenvalue weighted by molar-refractivity contribution is 5.73. The number of fused-ring (bicyclic) bond motifs is 1. The van der Waals surface area contributed by atoms with E-state index in [0.717, 1.165) is 42.2 Å². The van der Waals surface area contributed by atoms with Crippen LogP contribution in [0.2, 0.25) is 0 Å². The van der Waals surface area contributed by atoms with Crippen LogP contribution in [0.3, 0.4) is 0 Å². The van der Waals surface area contributed by atoms with E-state index in [4.69, 9.17) is 10.1 Å². The van der Waals surface area contributed by atoms with E-state index in [1.165, 1.54) is 19.3 Å². The summed E-state index contributed by atoms with van der Waals surface area (Å²) in [5, 5.41) is 8.22. The van der Waals surface area contributed by atoms with Gasteiger partial charge in [-0.05, 0) is 56.4 Å². The number of anilines is 3. The van der Waals surface area contributed by atoms with Gasteiger partial charge in [-0.1, -0.05) is 6.07 Å². The number of nitrogens with zero attached hydrogens (tertiary/aromatic N) is 7. The highest BCUT2D eigenvalue weighted by Gasteiger charge is 2.30. The molecule has 1 unspecified atom stereocenters. The molecule has 2 aliphatic rings. The Hall–Kier alpha value is -3.42. The first-order valence-electron chi connectivity index (χ1n) is 10.7. The molecule has 152 valence electrons. The summed E-state index contributed by atoms with van der Waals surface area (Å²) in [6.45, 7) is 0.920. The minimum absolute atomic E-state index is 0.199. The molecule has 1 aliphatic heterocycles. The molecule has 1 saturated carbocycles. The molecule has 1 atom stereocenters. The van der Waals surface area contributed by atoms with Crippen molar-refractivity contribution in [2.45, 2.75) is 44.2 Å². The van der Waals surface area contributed by atoms with Gasteiger partial charge in [0.1, 0.15) is 11.3 Å². The number of hydrogen-bond acceptors (Lipinski definition) is 6. The van der Waals surface area contributed by atoms with Gasteiger partial charge in [0.25, 0.3) is 0 Å². The van der Waals surface area contributed by atoms with Crippen LogP contribution in [0.1, 0.15) is 49.9 Å².